The maximum Gasteiger partial charge on any atom is 0.263 e. The first kappa shape index (κ1) is 40.4. The maximum atomic E-state index is 14.5. The van der Waals surface area contributed by atoms with E-state index >= 15 is 0 Å². The minimum Gasteiger partial charge on any atom is -0.439 e. The van der Waals surface area contributed by atoms with E-state index in [9.17, 15) is 9.90 Å². The number of fused-ring (bicyclic) bond motifs is 2. The molecule has 2 aliphatic rings. The molecule has 2 heterocycles. The Bertz CT molecular complexity index is 2450. The second-order valence-electron chi connectivity index (χ2n) is 14.3. The highest BCUT2D eigenvalue weighted by molar-refractivity contribution is 9.10. The number of anilines is 1. The van der Waals surface area contributed by atoms with E-state index in [4.69, 9.17) is 9.47 Å². The lowest BCUT2D eigenvalue weighted by Crippen LogP contribution is -2.38. The van der Waals surface area contributed by atoms with Crippen molar-refractivity contribution < 1.29 is 23.9 Å². The van der Waals surface area contributed by atoms with E-state index in [1.165, 1.54) is 11.1 Å². The molecule has 8 rings (SSSR count). The highest BCUT2D eigenvalue weighted by Crippen LogP contribution is 2.48. The van der Waals surface area contributed by atoms with Crippen molar-refractivity contribution in [2.24, 2.45) is 0 Å². The third-order valence-corrected chi connectivity index (χ3v) is 15.6. The van der Waals surface area contributed by atoms with Gasteiger partial charge in [0, 0.05) is 44.5 Å². The lowest BCUT2D eigenvalue weighted by atomic mass is 9.89. The van der Waals surface area contributed by atoms with Gasteiger partial charge < -0.3 is 19.5 Å². The number of thioether (sulfide) groups is 1. The van der Waals surface area contributed by atoms with Gasteiger partial charge in [0.2, 0.25) is 11.4 Å². The van der Waals surface area contributed by atoms with Crippen LogP contribution in [0.3, 0.4) is 0 Å². The van der Waals surface area contributed by atoms with Crippen LogP contribution in [-0.4, -0.2) is 42.6 Å². The molecule has 0 unspecified atom stereocenters. The van der Waals surface area contributed by atoms with Gasteiger partial charge >= 0.3 is 0 Å². The minimum absolute atomic E-state index is 0.0166. The van der Waals surface area contributed by atoms with Crippen molar-refractivity contribution in [3.8, 4) is 5.75 Å². The first-order valence-corrected chi connectivity index (χ1v) is 24.0. The van der Waals surface area contributed by atoms with Gasteiger partial charge in [-0.05, 0) is 71.9 Å². The number of rotatable bonds is 17. The predicted molar refractivity (Wildman–Crippen MR) is 245 cm³/mol. The summed E-state index contributed by atoms with van der Waals surface area (Å²) in [5.74, 6) is 2.36. The number of hydrogen-bond acceptors (Lipinski definition) is 7. The zero-order chi connectivity index (χ0) is 39.8. The molecule has 0 fully saturated rings. The van der Waals surface area contributed by atoms with Gasteiger partial charge in [-0.1, -0.05) is 132 Å². The first-order chi connectivity index (χ1) is 28.4. The zero-order valence-electron chi connectivity index (χ0n) is 32.4. The number of aliphatic hydroxyl groups is 1. The maximum absolute atomic E-state index is 14.5. The molecule has 0 saturated heterocycles. The second kappa shape index (κ2) is 19.2. The number of aromatic nitrogens is 1. The van der Waals surface area contributed by atoms with Crippen LogP contribution in [0.2, 0.25) is 0 Å². The largest absolute Gasteiger partial charge is 0.439 e. The summed E-state index contributed by atoms with van der Waals surface area (Å²) in [6.45, 7) is 4.00. The van der Waals surface area contributed by atoms with E-state index in [-0.39, 0.29) is 26.9 Å². The molecule has 0 amide bonds. The minimum atomic E-state index is -0.362. The molecular weight excluding hydrogens is 844 g/mol. The van der Waals surface area contributed by atoms with Crippen molar-refractivity contribution in [3.05, 3.63) is 187 Å². The number of ketones is 1. The van der Waals surface area contributed by atoms with E-state index in [2.05, 4.69) is 154 Å². The van der Waals surface area contributed by atoms with Gasteiger partial charge in [0.05, 0.1) is 25.4 Å². The van der Waals surface area contributed by atoms with E-state index in [0.717, 1.165) is 77.0 Å². The summed E-state index contributed by atoms with van der Waals surface area (Å²) in [6, 6.07) is 44.6. The topological polar surface area (TPSA) is 62.9 Å². The third-order valence-electron chi connectivity index (χ3n) is 10.1. The highest BCUT2D eigenvalue weighted by atomic mass is 79.9. The van der Waals surface area contributed by atoms with E-state index in [0.29, 0.717) is 31.2 Å². The molecule has 0 saturated carbocycles. The number of carbonyl (C=O) groups is 1. The molecule has 1 aromatic heterocycles. The van der Waals surface area contributed by atoms with Crippen molar-refractivity contribution in [1.29, 1.82) is 0 Å². The number of nitrogens with zero attached hydrogens (tertiary/aromatic N) is 2. The summed E-state index contributed by atoms with van der Waals surface area (Å²) in [5.41, 5.74) is 8.50. The van der Waals surface area contributed by atoms with Crippen LogP contribution in [0, 0.1) is 6.92 Å². The Kier molecular flexibility index (Phi) is 13.4. The lowest BCUT2D eigenvalue weighted by molar-refractivity contribution is -0.670. The monoisotopic (exact) mass is 887 g/mol. The number of allylic oxidation sites excluding steroid dienone is 3. The molecule has 0 atom stereocenters. The molecule has 6 nitrogen and oxygen atoms in total. The number of aliphatic hydroxyl groups excluding tert-OH is 1. The van der Waals surface area contributed by atoms with Gasteiger partial charge in [-0.2, -0.15) is 4.57 Å². The fourth-order valence-corrected chi connectivity index (χ4v) is 13.0. The Morgan fingerprint density at radius 2 is 1.55 bits per heavy atom. The fourth-order valence-electron chi connectivity index (χ4n) is 7.26. The normalized spacial score (nSPS) is 15.2. The van der Waals surface area contributed by atoms with Crippen molar-refractivity contribution in [1.82, 2.24) is 0 Å². The number of benzene rings is 5. The lowest BCUT2D eigenvalue weighted by Gasteiger charge is -2.26. The first-order valence-electron chi connectivity index (χ1n) is 19.5. The molecule has 0 spiro atoms. The Labute approximate surface area is 358 Å². The third kappa shape index (κ3) is 9.58. The second-order valence-corrected chi connectivity index (χ2v) is 19.8. The van der Waals surface area contributed by atoms with Crippen LogP contribution >= 0.6 is 47.0 Å². The number of Topliss-reactive ketones (excluding diaryl/α,β-unsaturated/α-hetero) is 1. The van der Waals surface area contributed by atoms with Crippen molar-refractivity contribution in [2.75, 3.05) is 36.6 Å². The Morgan fingerprint density at radius 3 is 2.24 bits per heavy atom. The smallest absolute Gasteiger partial charge is 0.263 e. The van der Waals surface area contributed by atoms with Crippen molar-refractivity contribution in [2.45, 2.75) is 32.3 Å². The molecule has 1 N–H and O–H groups in total. The summed E-state index contributed by atoms with van der Waals surface area (Å²) in [5, 5.41) is 10.3. The number of aryl methyl sites for hydroxylation is 1. The molecule has 10 heteroatoms. The molecule has 58 heavy (non-hydrogen) atoms. The van der Waals surface area contributed by atoms with E-state index in [1.54, 1.807) is 23.1 Å². The molecule has 5 aromatic carbocycles. The van der Waals surface area contributed by atoms with Crippen LogP contribution in [0.15, 0.2) is 160 Å². The number of hydrogen-bond donors (Lipinski definition) is 1. The van der Waals surface area contributed by atoms with Crippen LogP contribution < -0.4 is 14.2 Å². The van der Waals surface area contributed by atoms with Gasteiger partial charge in [0.15, 0.2) is 18.1 Å². The van der Waals surface area contributed by atoms with Crippen molar-refractivity contribution >= 4 is 74.7 Å². The molecule has 1 aliphatic carbocycles. The Balaban J connectivity index is 1.15. The van der Waals surface area contributed by atoms with E-state index in [1.807, 2.05) is 18.2 Å². The van der Waals surface area contributed by atoms with Crippen LogP contribution in [0.25, 0.3) is 16.3 Å². The molecule has 1 aliphatic heterocycles. The highest BCUT2D eigenvalue weighted by Gasteiger charge is 2.37. The summed E-state index contributed by atoms with van der Waals surface area (Å²) >= 11 is 7.11. The number of carbonyl (C=O) groups excluding carboxylic acids is 1. The van der Waals surface area contributed by atoms with Gasteiger partial charge in [-0.25, -0.2) is 0 Å². The predicted octanol–water partition coefficient (Wildman–Crippen LogP) is 11.0. The van der Waals surface area contributed by atoms with E-state index < -0.39 is 0 Å². The number of ether oxygens (including phenoxy) is 2. The summed E-state index contributed by atoms with van der Waals surface area (Å²) < 4.78 is 16.6. The fraction of sp³-hybridized carbons (Fsp3) is 0.208. The SMILES string of the molecule is Cc1ccc2c(c1)O/C(=C/C1=C(SCCP(Cc3ccccc3)Cc3ccccc3)C(=C\c3sc4cc(Br)ccc4[n+]3CCOCCO)/C1=O)N2Cc1ccccc1. The zero-order valence-corrected chi connectivity index (χ0v) is 36.5. The molecule has 294 valence electrons. The summed E-state index contributed by atoms with van der Waals surface area (Å²) in [7, 11) is -0.362. The quantitative estimate of drug-likeness (QED) is 0.0426. The molecular formula is C48H45BrN2O4PS2+. The van der Waals surface area contributed by atoms with Crippen LogP contribution in [0.1, 0.15) is 27.3 Å². The van der Waals surface area contributed by atoms with Crippen molar-refractivity contribution in [3.63, 3.8) is 0 Å². The summed E-state index contributed by atoms with van der Waals surface area (Å²) in [4.78, 5) is 17.7. The number of halogens is 1. The average Bonchev–Trinajstić information content (AvgIpc) is 3.76. The molecule has 0 radical (unpaired) electrons. The summed E-state index contributed by atoms with van der Waals surface area (Å²) in [6.07, 6.45) is 7.20. The van der Waals surface area contributed by atoms with Gasteiger partial charge in [0.1, 0.15) is 11.3 Å². The van der Waals surface area contributed by atoms with Crippen LogP contribution in [0.4, 0.5) is 5.69 Å². The average molecular weight is 889 g/mol. The van der Waals surface area contributed by atoms with Gasteiger partial charge in [-0.15, -0.1) is 11.8 Å². The van der Waals surface area contributed by atoms with Crippen LogP contribution in [0.5, 0.6) is 5.75 Å². The standard InChI is InChI=1S/C48H45BrN2O4PS2/c1-34-17-19-41-43(27-34)55-45(51(41)31-35-11-5-2-6-12-35)29-39-47(53)40(30-46-50(21-23-54-24-22-52)42-20-18-38(49)28-44(42)58-46)48(39)57-26-25-56(32-36-13-7-3-8-14-36)33-37-15-9-4-10-16-37/h2-20,27-30,52H,21-26,31-33H2,1H3/q+1. The Hall–Kier alpha value is -4.34. The Morgan fingerprint density at radius 1 is 0.862 bits per heavy atom. The molecule has 0 bridgehead atoms. The molecule has 6 aromatic rings. The van der Waals surface area contributed by atoms with Gasteiger partial charge in [-0.3, -0.25) is 4.79 Å². The van der Waals surface area contributed by atoms with Crippen LogP contribution in [-0.2, 0) is 34.9 Å². The number of thiazole rings is 1. The van der Waals surface area contributed by atoms with Gasteiger partial charge in [0.25, 0.3) is 5.01 Å².